The second-order valence-electron chi connectivity index (χ2n) is 6.12. The largest absolute Gasteiger partial charge is 0.492 e. The Kier molecular flexibility index (Phi) is 2.13. The Hall–Kier alpha value is -1.94. The molecule has 0 spiro atoms. The van der Waals surface area contributed by atoms with Gasteiger partial charge in [0.15, 0.2) is 11.5 Å². The van der Waals surface area contributed by atoms with Crippen molar-refractivity contribution in [3.05, 3.63) is 41.5 Å². The fourth-order valence-electron chi connectivity index (χ4n) is 4.42. The Balaban J connectivity index is 1.81. The van der Waals surface area contributed by atoms with Crippen LogP contribution in [0.2, 0.25) is 0 Å². The molecule has 0 radical (unpaired) electrons. The van der Waals surface area contributed by atoms with Crippen LogP contribution in [-0.4, -0.2) is 31.4 Å². The van der Waals surface area contributed by atoms with E-state index in [1.165, 1.54) is 11.1 Å². The highest BCUT2D eigenvalue weighted by Crippen LogP contribution is 2.56. The summed E-state index contributed by atoms with van der Waals surface area (Å²) in [5, 5.41) is 0. The normalized spacial score (nSPS) is 33.8. The van der Waals surface area contributed by atoms with Gasteiger partial charge < -0.3 is 14.2 Å². The first-order valence-corrected chi connectivity index (χ1v) is 7.43. The fraction of sp³-hybridized carbons (Fsp3) is 0.412. The first-order valence-electron chi connectivity index (χ1n) is 7.43. The van der Waals surface area contributed by atoms with E-state index in [4.69, 9.17) is 14.2 Å². The summed E-state index contributed by atoms with van der Waals surface area (Å²) < 4.78 is 16.9. The third-order valence-corrected chi connectivity index (χ3v) is 5.32. The first-order chi connectivity index (χ1) is 10.3. The molecule has 3 atom stereocenters. The van der Waals surface area contributed by atoms with Crippen molar-refractivity contribution >= 4 is 0 Å². The molecule has 1 aromatic carbocycles. The molecule has 0 N–H and O–H groups in total. The summed E-state index contributed by atoms with van der Waals surface area (Å²) >= 11 is 0. The van der Waals surface area contributed by atoms with E-state index in [-0.39, 0.29) is 12.2 Å². The van der Waals surface area contributed by atoms with Gasteiger partial charge in [0.05, 0.1) is 7.11 Å². The number of benzene rings is 1. The van der Waals surface area contributed by atoms with Gasteiger partial charge in [0.1, 0.15) is 0 Å². The van der Waals surface area contributed by atoms with E-state index >= 15 is 0 Å². The van der Waals surface area contributed by atoms with Gasteiger partial charge in [-0.25, -0.2) is 0 Å². The Morgan fingerprint density at radius 2 is 2.29 bits per heavy atom. The fourth-order valence-corrected chi connectivity index (χ4v) is 4.42. The van der Waals surface area contributed by atoms with Gasteiger partial charge in [0, 0.05) is 30.1 Å². The summed E-state index contributed by atoms with van der Waals surface area (Å²) in [4.78, 5) is 2.53. The van der Waals surface area contributed by atoms with Crippen molar-refractivity contribution in [2.24, 2.45) is 0 Å². The van der Waals surface area contributed by atoms with Crippen molar-refractivity contribution in [2.45, 2.75) is 24.4 Å². The molecule has 4 heteroatoms. The molecule has 1 aliphatic carbocycles. The van der Waals surface area contributed by atoms with Gasteiger partial charge in [-0.15, -0.1) is 0 Å². The average molecular weight is 283 g/mol. The summed E-state index contributed by atoms with van der Waals surface area (Å²) in [5.41, 5.74) is 2.68. The standard InChI is InChI=1S/C17H17NO3/c1-19-15-11-9-18-7-6-17(5-3-2-4-14(17)18)12(11)8-13-16(15)21-10-20-13/h2-5,8,14H,6-7,9-10H2,1H3. The molecule has 0 aromatic heterocycles. The van der Waals surface area contributed by atoms with E-state index in [2.05, 4.69) is 35.3 Å². The molecular weight excluding hydrogens is 266 g/mol. The third-order valence-electron chi connectivity index (χ3n) is 5.32. The summed E-state index contributed by atoms with van der Waals surface area (Å²) in [6.07, 6.45) is 10.2. The SMILES string of the molecule is COc1c2c(cc3c1OCO3)C13C=CC=CC1N(CC3)C2. The number of nitrogens with zero attached hydrogens (tertiary/aromatic N) is 1. The van der Waals surface area contributed by atoms with Crippen LogP contribution in [0.5, 0.6) is 17.2 Å². The van der Waals surface area contributed by atoms with Crippen molar-refractivity contribution in [3.8, 4) is 17.2 Å². The zero-order valence-corrected chi connectivity index (χ0v) is 12.0. The lowest BCUT2D eigenvalue weighted by molar-refractivity contribution is 0.171. The van der Waals surface area contributed by atoms with Crippen molar-refractivity contribution in [2.75, 3.05) is 20.4 Å². The summed E-state index contributed by atoms with van der Waals surface area (Å²) in [6, 6.07) is 2.64. The van der Waals surface area contributed by atoms with Gasteiger partial charge >= 0.3 is 0 Å². The molecule has 0 amide bonds. The number of methoxy groups -OCH3 is 1. The van der Waals surface area contributed by atoms with Crippen molar-refractivity contribution in [1.82, 2.24) is 4.90 Å². The van der Waals surface area contributed by atoms with E-state index < -0.39 is 0 Å². The van der Waals surface area contributed by atoms with E-state index in [1.54, 1.807) is 7.11 Å². The lowest BCUT2D eigenvalue weighted by Crippen LogP contribution is -2.45. The van der Waals surface area contributed by atoms with Gasteiger partial charge in [-0.3, -0.25) is 4.90 Å². The molecule has 1 saturated heterocycles. The maximum absolute atomic E-state index is 5.68. The smallest absolute Gasteiger partial charge is 0.231 e. The van der Waals surface area contributed by atoms with E-state index in [1.807, 2.05) is 0 Å². The predicted octanol–water partition coefficient (Wildman–Crippen LogP) is 2.38. The minimum absolute atomic E-state index is 0.0661. The zero-order chi connectivity index (χ0) is 14.0. The molecular formula is C17H17NO3. The molecule has 3 unspecified atom stereocenters. The van der Waals surface area contributed by atoms with Crippen molar-refractivity contribution in [3.63, 3.8) is 0 Å². The molecule has 21 heavy (non-hydrogen) atoms. The van der Waals surface area contributed by atoms with Crippen LogP contribution in [0.4, 0.5) is 0 Å². The quantitative estimate of drug-likeness (QED) is 0.792. The summed E-state index contributed by atoms with van der Waals surface area (Å²) in [6.45, 7) is 2.31. The highest BCUT2D eigenvalue weighted by molar-refractivity contribution is 5.65. The van der Waals surface area contributed by atoms with Gasteiger partial charge in [-0.05, 0) is 18.1 Å². The topological polar surface area (TPSA) is 30.9 Å². The van der Waals surface area contributed by atoms with E-state index in [0.717, 1.165) is 36.8 Å². The van der Waals surface area contributed by atoms with Crippen LogP contribution >= 0.6 is 0 Å². The molecule has 0 saturated carbocycles. The van der Waals surface area contributed by atoms with Crippen LogP contribution in [0.3, 0.4) is 0 Å². The molecule has 4 aliphatic rings. The first kappa shape index (κ1) is 11.7. The van der Waals surface area contributed by atoms with Gasteiger partial charge in [0.2, 0.25) is 12.5 Å². The zero-order valence-electron chi connectivity index (χ0n) is 12.0. The van der Waals surface area contributed by atoms with Gasteiger partial charge in [-0.1, -0.05) is 24.3 Å². The number of allylic oxidation sites excluding steroid dienone is 2. The second kappa shape index (κ2) is 3.83. The maximum atomic E-state index is 5.68. The Morgan fingerprint density at radius 3 is 3.19 bits per heavy atom. The van der Waals surface area contributed by atoms with Gasteiger partial charge in [0.25, 0.3) is 0 Å². The number of hydrogen-bond acceptors (Lipinski definition) is 4. The van der Waals surface area contributed by atoms with Crippen LogP contribution < -0.4 is 14.2 Å². The molecule has 3 heterocycles. The highest BCUT2D eigenvalue weighted by atomic mass is 16.7. The molecule has 1 aromatic rings. The molecule has 108 valence electrons. The predicted molar refractivity (Wildman–Crippen MR) is 77.9 cm³/mol. The lowest BCUT2D eigenvalue weighted by atomic mass is 9.68. The number of rotatable bonds is 1. The number of ether oxygens (including phenoxy) is 3. The van der Waals surface area contributed by atoms with E-state index in [9.17, 15) is 0 Å². The Bertz CT molecular complexity index is 694. The molecule has 3 aliphatic heterocycles. The van der Waals surface area contributed by atoms with Crippen LogP contribution in [0.1, 0.15) is 17.5 Å². The van der Waals surface area contributed by atoms with Gasteiger partial charge in [-0.2, -0.15) is 0 Å². The van der Waals surface area contributed by atoms with E-state index in [0.29, 0.717) is 6.04 Å². The minimum Gasteiger partial charge on any atom is -0.492 e. The molecule has 5 rings (SSSR count). The van der Waals surface area contributed by atoms with Crippen LogP contribution in [-0.2, 0) is 12.0 Å². The van der Waals surface area contributed by atoms with Crippen LogP contribution in [0.15, 0.2) is 30.4 Å². The van der Waals surface area contributed by atoms with Crippen molar-refractivity contribution < 1.29 is 14.2 Å². The van der Waals surface area contributed by atoms with Crippen LogP contribution in [0, 0.1) is 0 Å². The number of hydrogen-bond donors (Lipinski definition) is 0. The second-order valence-corrected chi connectivity index (χ2v) is 6.12. The highest BCUT2D eigenvalue weighted by Gasteiger charge is 2.52. The lowest BCUT2D eigenvalue weighted by Gasteiger charge is -2.42. The average Bonchev–Trinajstić information content (AvgIpc) is 3.09. The molecule has 1 fully saturated rings. The minimum atomic E-state index is 0.0661. The Labute approximate surface area is 123 Å². The molecule has 4 nitrogen and oxygen atoms in total. The Morgan fingerprint density at radius 1 is 1.33 bits per heavy atom. The summed E-state index contributed by atoms with van der Waals surface area (Å²) in [7, 11) is 1.72. The van der Waals surface area contributed by atoms with Crippen molar-refractivity contribution in [1.29, 1.82) is 0 Å². The maximum Gasteiger partial charge on any atom is 0.231 e. The third kappa shape index (κ3) is 1.29. The number of fused-ring (bicyclic) bond motifs is 2. The summed E-state index contributed by atoms with van der Waals surface area (Å²) in [5.74, 6) is 2.44. The molecule has 2 bridgehead atoms. The van der Waals surface area contributed by atoms with Crippen LogP contribution in [0.25, 0.3) is 0 Å². The monoisotopic (exact) mass is 283 g/mol.